The van der Waals surface area contributed by atoms with Crippen LogP contribution in [0, 0.1) is 0 Å². The Morgan fingerprint density at radius 3 is 2.81 bits per heavy atom. The second-order valence-corrected chi connectivity index (χ2v) is 10.1. The van der Waals surface area contributed by atoms with Crippen molar-refractivity contribution >= 4 is 38.7 Å². The number of anilines is 1. The Bertz CT molecular complexity index is 1230. The first-order valence-electron chi connectivity index (χ1n) is 10.9. The van der Waals surface area contributed by atoms with E-state index in [0.717, 1.165) is 59.3 Å². The van der Waals surface area contributed by atoms with Crippen molar-refractivity contribution in [1.29, 1.82) is 0 Å². The molecule has 0 saturated carbocycles. The molecule has 0 amide bonds. The van der Waals surface area contributed by atoms with Gasteiger partial charge in [-0.15, -0.1) is 22.7 Å². The number of aliphatic hydroxyl groups is 1. The quantitative estimate of drug-likeness (QED) is 0.458. The minimum atomic E-state index is -0.482. The first kappa shape index (κ1) is 20.3. The van der Waals surface area contributed by atoms with Crippen molar-refractivity contribution in [3.05, 3.63) is 64.1 Å². The molecule has 1 aromatic carbocycles. The van der Waals surface area contributed by atoms with Crippen LogP contribution in [0.15, 0.2) is 47.2 Å². The zero-order valence-corrected chi connectivity index (χ0v) is 19.2. The predicted molar refractivity (Wildman–Crippen MR) is 129 cm³/mol. The highest BCUT2D eigenvalue weighted by Gasteiger charge is 2.32. The summed E-state index contributed by atoms with van der Waals surface area (Å²) >= 11 is 3.38. The highest BCUT2D eigenvalue weighted by Crippen LogP contribution is 2.41. The van der Waals surface area contributed by atoms with Gasteiger partial charge < -0.3 is 15.2 Å². The van der Waals surface area contributed by atoms with Gasteiger partial charge in [0.2, 0.25) is 0 Å². The van der Waals surface area contributed by atoms with Crippen LogP contribution < -0.4 is 5.32 Å². The summed E-state index contributed by atoms with van der Waals surface area (Å²) in [5.74, 6) is 1.62. The lowest BCUT2D eigenvalue weighted by molar-refractivity contribution is 0.0331. The standard InChI is InChI=1S/C24H24N4O2S2/c29-18-12-15-4-1-2-5-16(15)22(18)27-23-21-17(19-6-3-11-31-19)14-32-24(21)26-20(25-23)13-28-7-9-30-10-8-28/h1-6,11,14,18,22,29H,7-10,12-13H2,(H,25,26,27)/t18-,22+/m0/s1. The minimum absolute atomic E-state index is 0.184. The van der Waals surface area contributed by atoms with Crippen molar-refractivity contribution in [3.8, 4) is 10.4 Å². The fourth-order valence-electron chi connectivity index (χ4n) is 4.63. The Kier molecular flexibility index (Phi) is 5.40. The molecule has 1 aliphatic carbocycles. The number of rotatable bonds is 5. The number of morpholine rings is 1. The predicted octanol–water partition coefficient (Wildman–Crippen LogP) is 4.32. The second kappa shape index (κ2) is 8.53. The monoisotopic (exact) mass is 464 g/mol. The van der Waals surface area contributed by atoms with Crippen LogP contribution >= 0.6 is 22.7 Å². The third-order valence-corrected chi connectivity index (χ3v) is 8.01. The van der Waals surface area contributed by atoms with Crippen LogP contribution in [-0.2, 0) is 17.7 Å². The van der Waals surface area contributed by atoms with E-state index in [2.05, 4.69) is 45.2 Å². The molecule has 0 unspecified atom stereocenters. The molecule has 0 radical (unpaired) electrons. The molecular formula is C24H24N4O2S2. The topological polar surface area (TPSA) is 70.5 Å². The van der Waals surface area contributed by atoms with Crippen LogP contribution in [0.1, 0.15) is 23.0 Å². The number of aromatic nitrogens is 2. The van der Waals surface area contributed by atoms with Crippen molar-refractivity contribution < 1.29 is 9.84 Å². The highest BCUT2D eigenvalue weighted by atomic mass is 32.1. The van der Waals surface area contributed by atoms with Gasteiger partial charge in [0.1, 0.15) is 16.5 Å². The molecule has 1 fully saturated rings. The van der Waals surface area contributed by atoms with E-state index >= 15 is 0 Å². The molecule has 164 valence electrons. The second-order valence-electron chi connectivity index (χ2n) is 8.28. The van der Waals surface area contributed by atoms with E-state index < -0.39 is 6.10 Å². The van der Waals surface area contributed by atoms with Crippen LogP contribution in [0.3, 0.4) is 0 Å². The SMILES string of the molecule is O[C@H]1Cc2ccccc2[C@H]1Nc1nc(CN2CCOCC2)nc2scc(-c3cccs3)c12. The van der Waals surface area contributed by atoms with Crippen molar-refractivity contribution in [3.63, 3.8) is 0 Å². The van der Waals surface area contributed by atoms with E-state index in [4.69, 9.17) is 14.7 Å². The maximum Gasteiger partial charge on any atom is 0.146 e. The van der Waals surface area contributed by atoms with Gasteiger partial charge in [0.05, 0.1) is 37.3 Å². The number of aliphatic hydroxyl groups excluding tert-OH is 1. The van der Waals surface area contributed by atoms with Gasteiger partial charge in [-0.2, -0.15) is 0 Å². The van der Waals surface area contributed by atoms with Crippen molar-refractivity contribution in [2.75, 3.05) is 31.6 Å². The van der Waals surface area contributed by atoms with E-state index in [1.807, 2.05) is 12.1 Å². The van der Waals surface area contributed by atoms with Gasteiger partial charge in [0, 0.05) is 35.3 Å². The Hall–Kier alpha value is -2.36. The minimum Gasteiger partial charge on any atom is -0.390 e. The van der Waals surface area contributed by atoms with Crippen LogP contribution in [-0.4, -0.2) is 52.4 Å². The fraction of sp³-hybridized carbons (Fsp3) is 0.333. The molecule has 3 aromatic heterocycles. The zero-order chi connectivity index (χ0) is 21.5. The van der Waals surface area contributed by atoms with E-state index in [1.54, 1.807) is 22.7 Å². The number of benzene rings is 1. The number of nitrogens with one attached hydrogen (secondary N) is 1. The first-order valence-corrected chi connectivity index (χ1v) is 12.7. The van der Waals surface area contributed by atoms with Gasteiger partial charge in [-0.1, -0.05) is 30.3 Å². The number of hydrogen-bond donors (Lipinski definition) is 2. The van der Waals surface area contributed by atoms with Crippen molar-refractivity contribution in [2.45, 2.75) is 25.1 Å². The number of thiophene rings is 2. The molecule has 0 spiro atoms. The summed E-state index contributed by atoms with van der Waals surface area (Å²) in [6, 6.07) is 12.3. The van der Waals surface area contributed by atoms with E-state index in [0.29, 0.717) is 13.0 Å². The number of ether oxygens (including phenoxy) is 1. The van der Waals surface area contributed by atoms with Crippen LogP contribution in [0.4, 0.5) is 5.82 Å². The lowest BCUT2D eigenvalue weighted by atomic mass is 10.1. The normalized spacial score (nSPS) is 21.2. The molecule has 2 N–H and O–H groups in total. The largest absolute Gasteiger partial charge is 0.390 e. The molecule has 6 rings (SSSR count). The summed E-state index contributed by atoms with van der Waals surface area (Å²) in [6.45, 7) is 3.98. The highest BCUT2D eigenvalue weighted by molar-refractivity contribution is 7.18. The van der Waals surface area contributed by atoms with E-state index in [-0.39, 0.29) is 6.04 Å². The molecule has 1 aliphatic heterocycles. The molecule has 2 atom stereocenters. The van der Waals surface area contributed by atoms with Gasteiger partial charge in [-0.25, -0.2) is 9.97 Å². The molecule has 6 nitrogen and oxygen atoms in total. The summed E-state index contributed by atoms with van der Waals surface area (Å²) in [4.78, 5) is 14.5. The molecule has 0 bridgehead atoms. The molecule has 1 saturated heterocycles. The van der Waals surface area contributed by atoms with Gasteiger partial charge >= 0.3 is 0 Å². The maximum atomic E-state index is 10.9. The Balaban J connectivity index is 1.43. The Morgan fingerprint density at radius 2 is 1.97 bits per heavy atom. The summed E-state index contributed by atoms with van der Waals surface area (Å²) < 4.78 is 5.49. The van der Waals surface area contributed by atoms with Crippen molar-refractivity contribution in [1.82, 2.24) is 14.9 Å². The third-order valence-electron chi connectivity index (χ3n) is 6.23. The summed E-state index contributed by atoms with van der Waals surface area (Å²) in [5.41, 5.74) is 3.50. The average Bonchev–Trinajstić information content (AvgIpc) is 3.54. The first-order chi connectivity index (χ1) is 15.8. The lowest BCUT2D eigenvalue weighted by Crippen LogP contribution is -2.36. The molecule has 4 aromatic rings. The maximum absolute atomic E-state index is 10.9. The summed E-state index contributed by atoms with van der Waals surface area (Å²) in [6.07, 6.45) is 0.174. The average molecular weight is 465 g/mol. The fourth-order valence-corrected chi connectivity index (χ4v) is 6.41. The zero-order valence-electron chi connectivity index (χ0n) is 17.5. The van der Waals surface area contributed by atoms with Crippen LogP contribution in [0.25, 0.3) is 20.7 Å². The smallest absolute Gasteiger partial charge is 0.146 e. The summed E-state index contributed by atoms with van der Waals surface area (Å²) in [5, 5.41) is 19.8. The molecule has 4 heterocycles. The van der Waals surface area contributed by atoms with Gasteiger partial charge in [0.25, 0.3) is 0 Å². The number of hydrogen-bond acceptors (Lipinski definition) is 8. The van der Waals surface area contributed by atoms with Crippen LogP contribution in [0.2, 0.25) is 0 Å². The number of fused-ring (bicyclic) bond motifs is 2. The Morgan fingerprint density at radius 1 is 1.09 bits per heavy atom. The van der Waals surface area contributed by atoms with Gasteiger partial charge in [0.15, 0.2) is 0 Å². The lowest BCUT2D eigenvalue weighted by Gasteiger charge is -2.26. The van der Waals surface area contributed by atoms with Gasteiger partial charge in [-0.05, 0) is 22.6 Å². The Labute approximate surface area is 194 Å². The third kappa shape index (κ3) is 3.72. The molecule has 2 aliphatic rings. The molecule has 8 heteroatoms. The van der Waals surface area contributed by atoms with E-state index in [9.17, 15) is 5.11 Å². The van der Waals surface area contributed by atoms with Crippen LogP contribution in [0.5, 0.6) is 0 Å². The van der Waals surface area contributed by atoms with E-state index in [1.165, 1.54) is 10.4 Å². The molecule has 32 heavy (non-hydrogen) atoms. The van der Waals surface area contributed by atoms with Gasteiger partial charge in [-0.3, -0.25) is 4.90 Å². The molecular weight excluding hydrogens is 440 g/mol. The van der Waals surface area contributed by atoms with Crippen molar-refractivity contribution in [2.24, 2.45) is 0 Å². The number of nitrogens with zero attached hydrogens (tertiary/aromatic N) is 3. The summed E-state index contributed by atoms with van der Waals surface area (Å²) in [7, 11) is 0.